The van der Waals surface area contributed by atoms with Gasteiger partial charge in [0.1, 0.15) is 13.2 Å². The van der Waals surface area contributed by atoms with E-state index < -0.39 is 6.10 Å². The molecule has 0 aliphatic carbocycles. The molecule has 0 fully saturated rings. The molecule has 1 atom stereocenters. The summed E-state index contributed by atoms with van der Waals surface area (Å²) >= 11 is 0. The van der Waals surface area contributed by atoms with Gasteiger partial charge in [-0.2, -0.15) is 0 Å². The van der Waals surface area contributed by atoms with Gasteiger partial charge in [0.15, 0.2) is 6.10 Å². The van der Waals surface area contributed by atoms with Gasteiger partial charge in [0.2, 0.25) is 0 Å². The zero-order valence-corrected chi connectivity index (χ0v) is 51.4. The summed E-state index contributed by atoms with van der Waals surface area (Å²) in [4.78, 5) is 38.3. The topological polar surface area (TPSA) is 78.9 Å². The molecule has 0 aromatic heterocycles. The van der Waals surface area contributed by atoms with Gasteiger partial charge in [-0.25, -0.2) is 0 Å². The summed E-state index contributed by atoms with van der Waals surface area (Å²) in [5.41, 5.74) is 0. The van der Waals surface area contributed by atoms with E-state index in [2.05, 4.69) is 118 Å². The van der Waals surface area contributed by atoms with Gasteiger partial charge < -0.3 is 14.2 Å². The molecule has 0 spiro atoms. The van der Waals surface area contributed by atoms with Crippen molar-refractivity contribution in [3.05, 3.63) is 97.2 Å². The van der Waals surface area contributed by atoms with Crippen LogP contribution in [0.25, 0.3) is 0 Å². The third-order valence-corrected chi connectivity index (χ3v) is 14.4. The molecule has 1 unspecified atom stereocenters. The van der Waals surface area contributed by atoms with Gasteiger partial charge in [-0.05, 0) is 83.5 Å². The van der Waals surface area contributed by atoms with E-state index in [-0.39, 0.29) is 31.1 Å². The highest BCUT2D eigenvalue weighted by Gasteiger charge is 2.19. The van der Waals surface area contributed by atoms with E-state index in [9.17, 15) is 14.4 Å². The van der Waals surface area contributed by atoms with Crippen molar-refractivity contribution in [3.8, 4) is 0 Å². The summed E-state index contributed by atoms with van der Waals surface area (Å²) in [6, 6.07) is 0. The standard InChI is InChI=1S/C72H124O6/c1-4-7-10-13-16-19-22-25-27-29-30-31-32-33-34-35-36-37-38-39-40-41-42-44-45-47-50-53-56-59-62-65-71(74)77-68-69(67-76-70(73)64-61-58-55-52-49-24-21-18-15-12-9-6-3)78-72(75)66-63-60-57-54-51-48-46-43-28-26-23-20-17-14-11-8-5-2/h7,10,16,19,25,27,30-31,33-34,36-37,39-40,42,44,69H,4-6,8-9,11-15,17-18,20-24,26,28-29,32,35,38,41,43,45-68H2,1-3H3/b10-7-,19-16-,27-25-,31-30-,34-33-,37-36-,40-39-,44-42-. The number of hydrogen-bond donors (Lipinski definition) is 0. The lowest BCUT2D eigenvalue weighted by molar-refractivity contribution is -0.167. The second-order valence-corrected chi connectivity index (χ2v) is 22.0. The smallest absolute Gasteiger partial charge is 0.306 e. The Balaban J connectivity index is 4.29. The molecule has 0 radical (unpaired) electrons. The molecule has 0 saturated heterocycles. The van der Waals surface area contributed by atoms with Crippen molar-refractivity contribution in [1.29, 1.82) is 0 Å². The van der Waals surface area contributed by atoms with Crippen LogP contribution in [0, 0.1) is 0 Å². The van der Waals surface area contributed by atoms with E-state index in [0.29, 0.717) is 19.3 Å². The van der Waals surface area contributed by atoms with E-state index >= 15 is 0 Å². The molecular formula is C72H124O6. The van der Waals surface area contributed by atoms with E-state index in [1.807, 2.05) is 0 Å². The van der Waals surface area contributed by atoms with Crippen LogP contribution in [0.4, 0.5) is 0 Å². The van der Waals surface area contributed by atoms with E-state index in [0.717, 1.165) is 122 Å². The van der Waals surface area contributed by atoms with Crippen LogP contribution in [0.15, 0.2) is 97.2 Å². The maximum Gasteiger partial charge on any atom is 0.306 e. The fraction of sp³-hybridized carbons (Fsp3) is 0.736. The Morgan fingerprint density at radius 3 is 0.782 bits per heavy atom. The van der Waals surface area contributed by atoms with E-state index in [1.165, 1.54) is 161 Å². The third kappa shape index (κ3) is 63.2. The molecular weight excluding hydrogens is 961 g/mol. The number of carbonyl (C=O) groups is 3. The molecule has 0 heterocycles. The second kappa shape index (κ2) is 65.8. The molecule has 78 heavy (non-hydrogen) atoms. The lowest BCUT2D eigenvalue weighted by atomic mass is 10.0. The maximum atomic E-state index is 12.9. The highest BCUT2D eigenvalue weighted by atomic mass is 16.6. The average molecular weight is 1090 g/mol. The number of ether oxygens (including phenoxy) is 3. The normalized spacial score (nSPS) is 12.7. The van der Waals surface area contributed by atoms with Gasteiger partial charge in [0.25, 0.3) is 0 Å². The highest BCUT2D eigenvalue weighted by Crippen LogP contribution is 2.17. The van der Waals surface area contributed by atoms with Crippen LogP contribution in [-0.2, 0) is 28.6 Å². The van der Waals surface area contributed by atoms with E-state index in [1.54, 1.807) is 0 Å². The minimum absolute atomic E-state index is 0.0773. The average Bonchev–Trinajstić information content (AvgIpc) is 3.44. The van der Waals surface area contributed by atoms with Crippen molar-refractivity contribution >= 4 is 17.9 Å². The van der Waals surface area contributed by atoms with Crippen LogP contribution in [0.3, 0.4) is 0 Å². The van der Waals surface area contributed by atoms with Crippen molar-refractivity contribution < 1.29 is 28.6 Å². The largest absolute Gasteiger partial charge is 0.462 e. The lowest BCUT2D eigenvalue weighted by Gasteiger charge is -2.18. The van der Waals surface area contributed by atoms with Crippen molar-refractivity contribution in [1.82, 2.24) is 0 Å². The number of hydrogen-bond acceptors (Lipinski definition) is 6. The number of rotatable bonds is 60. The molecule has 6 heteroatoms. The monoisotopic (exact) mass is 1080 g/mol. The molecule has 0 amide bonds. The Morgan fingerprint density at radius 2 is 0.500 bits per heavy atom. The zero-order valence-electron chi connectivity index (χ0n) is 51.4. The van der Waals surface area contributed by atoms with Crippen LogP contribution < -0.4 is 0 Å². The number of carbonyl (C=O) groups excluding carboxylic acids is 3. The van der Waals surface area contributed by atoms with Crippen LogP contribution in [0.2, 0.25) is 0 Å². The summed E-state index contributed by atoms with van der Waals surface area (Å²) in [6.45, 7) is 6.55. The van der Waals surface area contributed by atoms with Crippen molar-refractivity contribution in [2.75, 3.05) is 13.2 Å². The van der Waals surface area contributed by atoms with Gasteiger partial charge >= 0.3 is 17.9 Å². The fourth-order valence-electron chi connectivity index (χ4n) is 9.40. The zero-order chi connectivity index (χ0) is 56.4. The SMILES string of the molecule is CC/C=C\C/C=C\C/C=C\C/C=C\C/C=C\C/C=C\C/C=C\C/C=C\CCCCCCCCC(=O)OCC(COC(=O)CCCCCCCCCCCCCC)OC(=O)CCCCCCCCCCCCCCCCCCC. The third-order valence-electron chi connectivity index (χ3n) is 14.4. The van der Waals surface area contributed by atoms with Crippen molar-refractivity contribution in [2.45, 2.75) is 329 Å². The van der Waals surface area contributed by atoms with Crippen LogP contribution in [0.1, 0.15) is 323 Å². The molecule has 0 aromatic rings. The number of unbranched alkanes of at least 4 members (excludes halogenated alkanes) is 33. The first kappa shape index (κ1) is 74.3. The molecule has 0 N–H and O–H groups in total. The minimum Gasteiger partial charge on any atom is -0.462 e. The predicted octanol–water partition coefficient (Wildman–Crippen LogP) is 22.8. The predicted molar refractivity (Wildman–Crippen MR) is 339 cm³/mol. The molecule has 0 aliphatic heterocycles. The summed E-state index contributed by atoms with van der Waals surface area (Å²) in [6.07, 6.45) is 88.4. The van der Waals surface area contributed by atoms with Gasteiger partial charge in [0.05, 0.1) is 0 Å². The Labute approximate surface area is 483 Å². The first-order chi connectivity index (χ1) is 38.5. The lowest BCUT2D eigenvalue weighted by Crippen LogP contribution is -2.30. The molecule has 0 saturated carbocycles. The Kier molecular flexibility index (Phi) is 62.7. The Morgan fingerprint density at radius 1 is 0.269 bits per heavy atom. The molecule has 0 aliphatic rings. The summed E-state index contributed by atoms with van der Waals surface area (Å²) < 4.78 is 16.9. The van der Waals surface area contributed by atoms with Crippen molar-refractivity contribution in [3.63, 3.8) is 0 Å². The van der Waals surface area contributed by atoms with Gasteiger partial charge in [-0.15, -0.1) is 0 Å². The first-order valence-electron chi connectivity index (χ1n) is 33.2. The summed E-state index contributed by atoms with van der Waals surface area (Å²) in [5, 5.41) is 0. The van der Waals surface area contributed by atoms with Crippen LogP contribution >= 0.6 is 0 Å². The summed E-state index contributed by atoms with van der Waals surface area (Å²) in [7, 11) is 0. The van der Waals surface area contributed by atoms with Gasteiger partial charge in [0, 0.05) is 19.3 Å². The van der Waals surface area contributed by atoms with Crippen LogP contribution in [-0.4, -0.2) is 37.2 Å². The molecule has 0 aromatic carbocycles. The molecule has 0 bridgehead atoms. The van der Waals surface area contributed by atoms with Gasteiger partial charge in [-0.1, -0.05) is 317 Å². The molecule has 448 valence electrons. The quantitative estimate of drug-likeness (QED) is 0.0261. The Hall–Kier alpha value is -3.67. The van der Waals surface area contributed by atoms with Crippen LogP contribution in [0.5, 0.6) is 0 Å². The van der Waals surface area contributed by atoms with Crippen molar-refractivity contribution in [2.24, 2.45) is 0 Å². The number of allylic oxidation sites excluding steroid dienone is 16. The summed E-state index contributed by atoms with van der Waals surface area (Å²) in [5.74, 6) is -0.878. The first-order valence-corrected chi connectivity index (χ1v) is 33.2. The fourth-order valence-corrected chi connectivity index (χ4v) is 9.40. The minimum atomic E-state index is -0.781. The second-order valence-electron chi connectivity index (χ2n) is 22.0. The molecule has 6 nitrogen and oxygen atoms in total. The van der Waals surface area contributed by atoms with Gasteiger partial charge in [-0.3, -0.25) is 14.4 Å². The highest BCUT2D eigenvalue weighted by molar-refractivity contribution is 5.71. The Bertz CT molecular complexity index is 1530. The molecule has 0 rings (SSSR count). The maximum absolute atomic E-state index is 12.9. The van der Waals surface area contributed by atoms with E-state index in [4.69, 9.17) is 14.2 Å². The number of esters is 3.